The number of aryl methyl sites for hydroxylation is 1. The Bertz CT molecular complexity index is 392. The quantitative estimate of drug-likeness (QED) is 0.870. The molecule has 0 radical (unpaired) electrons. The van der Waals surface area contributed by atoms with Crippen LogP contribution in [-0.4, -0.2) is 33.3 Å². The first kappa shape index (κ1) is 13.2. The molecule has 1 aromatic rings. The molecule has 2 rings (SSSR count). The summed E-state index contributed by atoms with van der Waals surface area (Å²) in [6, 6.07) is 6.49. The lowest BCUT2D eigenvalue weighted by Gasteiger charge is -2.31. The van der Waals surface area contributed by atoms with Crippen molar-refractivity contribution in [1.29, 1.82) is 0 Å². The molecule has 1 saturated heterocycles. The van der Waals surface area contributed by atoms with Gasteiger partial charge in [-0.15, -0.1) is 0 Å². The molecule has 0 aliphatic carbocycles. The van der Waals surface area contributed by atoms with Gasteiger partial charge in [-0.2, -0.15) is 0 Å². The van der Waals surface area contributed by atoms with Gasteiger partial charge < -0.3 is 15.0 Å². The lowest BCUT2D eigenvalue weighted by atomic mass is 10.1. The highest BCUT2D eigenvalue weighted by molar-refractivity contribution is 5.53. The molecular weight excluding hydrogens is 224 g/mol. The van der Waals surface area contributed by atoms with Crippen LogP contribution in [0.2, 0.25) is 0 Å². The third-order valence-corrected chi connectivity index (χ3v) is 3.55. The Morgan fingerprint density at radius 3 is 2.94 bits per heavy atom. The Hall–Kier alpha value is -1.22. The Morgan fingerprint density at radius 1 is 1.39 bits per heavy atom. The van der Waals surface area contributed by atoms with Crippen LogP contribution in [0.5, 0.6) is 5.75 Å². The van der Waals surface area contributed by atoms with Gasteiger partial charge in [0.2, 0.25) is 0 Å². The minimum Gasteiger partial charge on any atom is -0.496 e. The Balaban J connectivity index is 2.15. The molecule has 1 aliphatic heterocycles. The van der Waals surface area contributed by atoms with Gasteiger partial charge >= 0.3 is 0 Å². The Morgan fingerprint density at radius 2 is 2.22 bits per heavy atom. The predicted octanol–water partition coefficient (Wildman–Crippen LogP) is 2.44. The maximum atomic E-state index is 5.32. The second-order valence-corrected chi connectivity index (χ2v) is 5.26. The van der Waals surface area contributed by atoms with Crippen LogP contribution in [0.15, 0.2) is 18.2 Å². The summed E-state index contributed by atoms with van der Waals surface area (Å²) in [5.74, 6) is 1.66. The fraction of sp³-hybridized carbons (Fsp3) is 0.600. The predicted molar refractivity (Wildman–Crippen MR) is 76.6 cm³/mol. The molecule has 1 fully saturated rings. The fourth-order valence-electron chi connectivity index (χ4n) is 2.57. The van der Waals surface area contributed by atoms with Gasteiger partial charge in [-0.1, -0.05) is 6.92 Å². The fourth-order valence-corrected chi connectivity index (χ4v) is 2.57. The maximum absolute atomic E-state index is 5.32. The first-order chi connectivity index (χ1) is 8.70. The van der Waals surface area contributed by atoms with Crippen molar-refractivity contribution >= 4 is 5.69 Å². The minimum absolute atomic E-state index is 0.688. The van der Waals surface area contributed by atoms with Crippen LogP contribution in [0.3, 0.4) is 0 Å². The van der Waals surface area contributed by atoms with E-state index in [2.05, 4.69) is 42.3 Å². The number of rotatable bonds is 2. The average Bonchev–Trinajstić information content (AvgIpc) is 2.33. The molecule has 0 amide bonds. The number of hydrogen-bond acceptors (Lipinski definition) is 3. The zero-order valence-electron chi connectivity index (χ0n) is 11.7. The number of methoxy groups -OCH3 is 1. The number of nitrogens with zero attached hydrogens (tertiary/aromatic N) is 1. The average molecular weight is 248 g/mol. The van der Waals surface area contributed by atoms with Crippen LogP contribution in [0.25, 0.3) is 0 Å². The summed E-state index contributed by atoms with van der Waals surface area (Å²) in [7, 11) is 1.73. The van der Waals surface area contributed by atoms with Gasteiger partial charge in [-0.3, -0.25) is 0 Å². The van der Waals surface area contributed by atoms with Crippen molar-refractivity contribution in [1.82, 2.24) is 5.32 Å². The third kappa shape index (κ3) is 3.16. The summed E-state index contributed by atoms with van der Waals surface area (Å²) in [5, 5.41) is 3.49. The summed E-state index contributed by atoms with van der Waals surface area (Å²) in [4.78, 5) is 2.50. The zero-order valence-corrected chi connectivity index (χ0v) is 11.7. The van der Waals surface area contributed by atoms with E-state index in [9.17, 15) is 0 Å². The van der Waals surface area contributed by atoms with E-state index >= 15 is 0 Å². The zero-order chi connectivity index (χ0) is 13.0. The van der Waals surface area contributed by atoms with Gasteiger partial charge in [0.1, 0.15) is 5.75 Å². The molecule has 0 aromatic heterocycles. The summed E-state index contributed by atoms with van der Waals surface area (Å²) >= 11 is 0. The molecule has 1 N–H and O–H groups in total. The lowest BCUT2D eigenvalue weighted by Crippen LogP contribution is -2.38. The molecule has 3 nitrogen and oxygen atoms in total. The van der Waals surface area contributed by atoms with Gasteiger partial charge in [-0.05, 0) is 56.1 Å². The monoisotopic (exact) mass is 248 g/mol. The highest BCUT2D eigenvalue weighted by Crippen LogP contribution is 2.25. The van der Waals surface area contributed by atoms with Crippen LogP contribution in [-0.2, 0) is 0 Å². The van der Waals surface area contributed by atoms with Crippen LogP contribution < -0.4 is 15.0 Å². The van der Waals surface area contributed by atoms with Gasteiger partial charge in [0.15, 0.2) is 0 Å². The second kappa shape index (κ2) is 6.10. The van der Waals surface area contributed by atoms with Gasteiger partial charge in [0.25, 0.3) is 0 Å². The molecule has 1 unspecified atom stereocenters. The molecule has 100 valence electrons. The summed E-state index contributed by atoms with van der Waals surface area (Å²) in [5.41, 5.74) is 2.53. The van der Waals surface area contributed by atoms with Crippen LogP contribution in [0.4, 0.5) is 5.69 Å². The SMILES string of the molecule is COc1ccc(N2CCCNCC(C)C2)cc1C. The number of ether oxygens (including phenoxy) is 1. The number of anilines is 1. The van der Waals surface area contributed by atoms with Gasteiger partial charge in [0, 0.05) is 18.8 Å². The topological polar surface area (TPSA) is 24.5 Å². The smallest absolute Gasteiger partial charge is 0.121 e. The van der Waals surface area contributed by atoms with E-state index in [1.54, 1.807) is 7.11 Å². The highest BCUT2D eigenvalue weighted by Gasteiger charge is 2.14. The van der Waals surface area contributed by atoms with E-state index in [0.29, 0.717) is 5.92 Å². The first-order valence-electron chi connectivity index (χ1n) is 6.81. The van der Waals surface area contributed by atoms with Crippen molar-refractivity contribution in [3.8, 4) is 5.75 Å². The number of nitrogens with one attached hydrogen (secondary N) is 1. The maximum Gasteiger partial charge on any atom is 0.121 e. The summed E-state index contributed by atoms with van der Waals surface area (Å²) < 4.78 is 5.32. The van der Waals surface area contributed by atoms with Crippen molar-refractivity contribution in [3.63, 3.8) is 0 Å². The molecule has 0 bridgehead atoms. The summed E-state index contributed by atoms with van der Waals surface area (Å²) in [6.45, 7) is 8.91. The van der Waals surface area contributed by atoms with Crippen LogP contribution >= 0.6 is 0 Å². The second-order valence-electron chi connectivity index (χ2n) is 5.26. The molecule has 0 spiro atoms. The highest BCUT2D eigenvalue weighted by atomic mass is 16.5. The Kier molecular flexibility index (Phi) is 4.48. The molecule has 0 saturated carbocycles. The van der Waals surface area contributed by atoms with E-state index in [-0.39, 0.29) is 0 Å². The largest absolute Gasteiger partial charge is 0.496 e. The van der Waals surface area contributed by atoms with Crippen LogP contribution in [0, 0.1) is 12.8 Å². The van der Waals surface area contributed by atoms with E-state index < -0.39 is 0 Å². The van der Waals surface area contributed by atoms with Crippen molar-refractivity contribution in [3.05, 3.63) is 23.8 Å². The molecule has 1 heterocycles. The third-order valence-electron chi connectivity index (χ3n) is 3.55. The van der Waals surface area contributed by atoms with Crippen molar-refractivity contribution in [2.75, 3.05) is 38.2 Å². The molecule has 3 heteroatoms. The van der Waals surface area contributed by atoms with Gasteiger partial charge in [0.05, 0.1) is 7.11 Å². The van der Waals surface area contributed by atoms with Gasteiger partial charge in [-0.25, -0.2) is 0 Å². The van der Waals surface area contributed by atoms with Crippen molar-refractivity contribution in [2.24, 2.45) is 5.92 Å². The first-order valence-corrected chi connectivity index (χ1v) is 6.81. The molecule has 1 atom stereocenters. The Labute approximate surface area is 110 Å². The number of hydrogen-bond donors (Lipinski definition) is 1. The normalized spacial score (nSPS) is 21.3. The van der Waals surface area contributed by atoms with Crippen molar-refractivity contribution < 1.29 is 4.74 Å². The molecular formula is C15H24N2O. The standard InChI is InChI=1S/C15H24N2O/c1-12-10-16-7-4-8-17(11-12)14-5-6-15(18-3)13(2)9-14/h5-6,9,12,16H,4,7-8,10-11H2,1-3H3. The van der Waals surface area contributed by atoms with E-state index in [1.807, 2.05) is 0 Å². The van der Waals surface area contributed by atoms with Crippen molar-refractivity contribution in [2.45, 2.75) is 20.3 Å². The molecule has 1 aromatic carbocycles. The molecule has 18 heavy (non-hydrogen) atoms. The van der Waals surface area contributed by atoms with E-state index in [4.69, 9.17) is 4.74 Å². The van der Waals surface area contributed by atoms with Crippen LogP contribution in [0.1, 0.15) is 18.9 Å². The molecule has 1 aliphatic rings. The van der Waals surface area contributed by atoms with E-state index in [1.165, 1.54) is 17.7 Å². The van der Waals surface area contributed by atoms with E-state index in [0.717, 1.165) is 31.9 Å². The minimum atomic E-state index is 0.688. The lowest BCUT2D eigenvalue weighted by molar-refractivity contribution is 0.411. The number of benzene rings is 1. The summed E-state index contributed by atoms with van der Waals surface area (Å²) in [6.07, 6.45) is 1.21.